The van der Waals surface area contributed by atoms with Gasteiger partial charge in [-0.1, -0.05) is 42.8 Å². The third-order valence-electron chi connectivity index (χ3n) is 5.59. The quantitative estimate of drug-likeness (QED) is 0.392. The summed E-state index contributed by atoms with van der Waals surface area (Å²) in [5.74, 6) is -1.33. The van der Waals surface area contributed by atoms with E-state index in [1.165, 1.54) is 4.90 Å². The highest BCUT2D eigenvalue weighted by Gasteiger charge is 2.35. The van der Waals surface area contributed by atoms with E-state index in [4.69, 9.17) is 4.74 Å². The molecule has 7 heteroatoms. The van der Waals surface area contributed by atoms with Crippen molar-refractivity contribution in [1.29, 1.82) is 0 Å². The Kier molecular flexibility index (Phi) is 9.12. The van der Waals surface area contributed by atoms with Gasteiger partial charge < -0.3 is 15.0 Å². The number of carbonyl (C=O) groups is 3. The molecule has 0 saturated carbocycles. The first-order valence-corrected chi connectivity index (χ1v) is 10.8. The van der Waals surface area contributed by atoms with Crippen molar-refractivity contribution < 1.29 is 19.1 Å². The molecule has 1 aliphatic heterocycles. The minimum atomic E-state index is -0.547. The zero-order valence-electron chi connectivity index (χ0n) is 19.1. The molecule has 168 valence electrons. The number of ketones is 1. The first-order valence-electron chi connectivity index (χ1n) is 10.8. The Labute approximate surface area is 184 Å². The van der Waals surface area contributed by atoms with Gasteiger partial charge in [-0.3, -0.25) is 19.4 Å². The van der Waals surface area contributed by atoms with Crippen LogP contribution in [0, 0.1) is 0 Å². The highest BCUT2D eigenvalue weighted by molar-refractivity contribution is 6.42. The van der Waals surface area contributed by atoms with Crippen LogP contribution in [0.2, 0.25) is 0 Å². The van der Waals surface area contributed by atoms with E-state index in [1.807, 2.05) is 27.7 Å². The van der Waals surface area contributed by atoms with Crippen LogP contribution in [-0.4, -0.2) is 60.1 Å². The van der Waals surface area contributed by atoms with E-state index in [1.54, 1.807) is 37.3 Å². The number of amides is 2. The Balaban J connectivity index is 2.06. The van der Waals surface area contributed by atoms with Crippen LogP contribution in [-0.2, 0) is 14.3 Å². The van der Waals surface area contributed by atoms with E-state index in [9.17, 15) is 14.4 Å². The van der Waals surface area contributed by atoms with Gasteiger partial charge in [-0.25, -0.2) is 0 Å². The Morgan fingerprint density at radius 1 is 1.13 bits per heavy atom. The molecule has 1 aliphatic rings. The van der Waals surface area contributed by atoms with E-state index >= 15 is 0 Å². The molecule has 2 amide bonds. The number of nitrogens with zero attached hydrogens (tertiary/aromatic N) is 2. The van der Waals surface area contributed by atoms with Gasteiger partial charge in [0.15, 0.2) is 0 Å². The van der Waals surface area contributed by atoms with Crippen molar-refractivity contribution in [2.45, 2.75) is 59.6 Å². The standard InChI is InChI=1S/C24H33N3O4/c1-6-16(3)17(4)25-18(5)23(29)26-20-13-14-27(15-21(20)31-7-2)24(30)22(28)19-11-9-8-10-12-19/h8-12,20-21H,6-7,13-15H2,1-5H3,(H,26,29)/b17-16+,25-18?/t20?,21-/m0/s1. The lowest BCUT2D eigenvalue weighted by atomic mass is 10.00. The molecule has 2 atom stereocenters. The fourth-order valence-corrected chi connectivity index (χ4v) is 3.43. The van der Waals surface area contributed by atoms with Crippen LogP contribution < -0.4 is 5.32 Å². The van der Waals surface area contributed by atoms with Crippen molar-refractivity contribution in [3.8, 4) is 0 Å². The summed E-state index contributed by atoms with van der Waals surface area (Å²) in [6, 6.07) is 8.26. The van der Waals surface area contributed by atoms with Gasteiger partial charge in [-0.05, 0) is 40.5 Å². The predicted molar refractivity (Wildman–Crippen MR) is 121 cm³/mol. The predicted octanol–water partition coefficient (Wildman–Crippen LogP) is 3.16. The fourth-order valence-electron chi connectivity index (χ4n) is 3.43. The van der Waals surface area contributed by atoms with Gasteiger partial charge in [0.1, 0.15) is 5.71 Å². The van der Waals surface area contributed by atoms with Gasteiger partial charge in [-0.2, -0.15) is 0 Å². The third kappa shape index (κ3) is 6.59. The number of aliphatic imine (C=N–C) groups is 1. The van der Waals surface area contributed by atoms with Crippen molar-refractivity contribution >= 4 is 23.3 Å². The summed E-state index contributed by atoms with van der Waals surface area (Å²) in [5, 5.41) is 3.00. The summed E-state index contributed by atoms with van der Waals surface area (Å²) in [6.45, 7) is 10.6. The molecule has 0 spiro atoms. The molecule has 2 rings (SSSR count). The maximum absolute atomic E-state index is 12.7. The van der Waals surface area contributed by atoms with Crippen molar-refractivity contribution in [2.75, 3.05) is 19.7 Å². The number of hydrogen-bond donors (Lipinski definition) is 1. The molecule has 1 heterocycles. The van der Waals surface area contributed by atoms with Gasteiger partial charge in [-0.15, -0.1) is 0 Å². The van der Waals surface area contributed by atoms with Crippen LogP contribution in [0.3, 0.4) is 0 Å². The molecule has 1 aromatic rings. The number of allylic oxidation sites excluding steroid dienone is 2. The Hall–Kier alpha value is -2.80. The molecule has 0 radical (unpaired) electrons. The highest BCUT2D eigenvalue weighted by Crippen LogP contribution is 2.17. The Bertz CT molecular complexity index is 861. The summed E-state index contributed by atoms with van der Waals surface area (Å²) < 4.78 is 5.81. The normalized spacial score (nSPS) is 20.2. The number of likely N-dealkylation sites (tertiary alicyclic amines) is 1. The molecule has 1 N–H and O–H groups in total. The topological polar surface area (TPSA) is 88.1 Å². The van der Waals surface area contributed by atoms with Crippen LogP contribution in [0.1, 0.15) is 57.8 Å². The average molecular weight is 428 g/mol. The number of benzene rings is 1. The number of rotatable bonds is 8. The summed E-state index contributed by atoms with van der Waals surface area (Å²) in [4.78, 5) is 43.8. The van der Waals surface area contributed by atoms with Crippen LogP contribution in [0.15, 0.2) is 46.6 Å². The second-order valence-corrected chi connectivity index (χ2v) is 7.73. The molecular weight excluding hydrogens is 394 g/mol. The molecule has 31 heavy (non-hydrogen) atoms. The lowest BCUT2D eigenvalue weighted by Gasteiger charge is -2.38. The second kappa shape index (κ2) is 11.6. The zero-order chi connectivity index (χ0) is 23.0. The van der Waals surface area contributed by atoms with Gasteiger partial charge in [0.25, 0.3) is 11.8 Å². The minimum absolute atomic E-state index is 0.250. The van der Waals surface area contributed by atoms with Crippen LogP contribution in [0.4, 0.5) is 0 Å². The lowest BCUT2D eigenvalue weighted by Crippen LogP contribution is -2.57. The van der Waals surface area contributed by atoms with E-state index in [0.29, 0.717) is 30.8 Å². The van der Waals surface area contributed by atoms with Crippen molar-refractivity contribution in [2.24, 2.45) is 4.99 Å². The van der Waals surface area contributed by atoms with Crippen LogP contribution >= 0.6 is 0 Å². The zero-order valence-corrected chi connectivity index (χ0v) is 19.1. The molecule has 1 fully saturated rings. The maximum Gasteiger partial charge on any atom is 0.295 e. The molecule has 1 saturated heterocycles. The minimum Gasteiger partial charge on any atom is -0.375 e. The number of carbonyl (C=O) groups excluding carboxylic acids is 3. The first kappa shape index (κ1) is 24.5. The van der Waals surface area contributed by atoms with Gasteiger partial charge in [0.2, 0.25) is 5.78 Å². The number of nitrogens with one attached hydrogen (secondary N) is 1. The second-order valence-electron chi connectivity index (χ2n) is 7.73. The van der Waals surface area contributed by atoms with E-state index in [0.717, 1.165) is 17.7 Å². The monoisotopic (exact) mass is 427 g/mol. The van der Waals surface area contributed by atoms with Crippen LogP contribution in [0.25, 0.3) is 0 Å². The van der Waals surface area contributed by atoms with Crippen molar-refractivity contribution in [3.05, 3.63) is 47.2 Å². The number of Topliss-reactive ketones (excluding diaryl/α,β-unsaturated/α-hetero) is 1. The third-order valence-corrected chi connectivity index (χ3v) is 5.59. The number of ether oxygens (including phenoxy) is 1. The fraction of sp³-hybridized carbons (Fsp3) is 0.500. The van der Waals surface area contributed by atoms with Gasteiger partial charge >= 0.3 is 0 Å². The van der Waals surface area contributed by atoms with Crippen molar-refractivity contribution in [3.63, 3.8) is 0 Å². The molecule has 1 unspecified atom stereocenters. The van der Waals surface area contributed by atoms with Crippen LogP contribution in [0.5, 0.6) is 0 Å². The van der Waals surface area contributed by atoms with Gasteiger partial charge in [0.05, 0.1) is 12.1 Å². The average Bonchev–Trinajstić information content (AvgIpc) is 2.79. The lowest BCUT2D eigenvalue weighted by molar-refractivity contribution is -0.132. The summed E-state index contributed by atoms with van der Waals surface area (Å²) in [5.41, 5.74) is 2.73. The number of hydrogen-bond acceptors (Lipinski definition) is 5. The molecule has 0 bridgehead atoms. The molecule has 1 aromatic carbocycles. The summed E-state index contributed by atoms with van der Waals surface area (Å²) >= 11 is 0. The van der Waals surface area contributed by atoms with E-state index in [2.05, 4.69) is 10.3 Å². The van der Waals surface area contributed by atoms with E-state index in [-0.39, 0.29) is 18.5 Å². The Morgan fingerprint density at radius 2 is 1.81 bits per heavy atom. The molecular formula is C24H33N3O4. The summed E-state index contributed by atoms with van der Waals surface area (Å²) in [6.07, 6.45) is 0.988. The Morgan fingerprint density at radius 3 is 2.42 bits per heavy atom. The summed E-state index contributed by atoms with van der Waals surface area (Å²) in [7, 11) is 0. The molecule has 0 aliphatic carbocycles. The van der Waals surface area contributed by atoms with Crippen molar-refractivity contribution in [1.82, 2.24) is 10.2 Å². The first-order chi connectivity index (χ1) is 14.8. The largest absolute Gasteiger partial charge is 0.375 e. The maximum atomic E-state index is 12.7. The van der Waals surface area contributed by atoms with E-state index < -0.39 is 17.8 Å². The number of piperidine rings is 1. The SMILES string of the molecule is CCO[C@H]1CN(C(=O)C(=O)c2ccccc2)CCC1NC(=O)C(C)=N/C(C)=C(\C)CC. The smallest absolute Gasteiger partial charge is 0.295 e. The molecule has 7 nitrogen and oxygen atoms in total. The van der Waals surface area contributed by atoms with Gasteiger partial charge in [0, 0.05) is 31.0 Å². The molecule has 0 aromatic heterocycles. The highest BCUT2D eigenvalue weighted by atomic mass is 16.5.